The molecule has 1 aromatic heterocycles. The van der Waals surface area contributed by atoms with Gasteiger partial charge in [0.2, 0.25) is 5.75 Å². The summed E-state index contributed by atoms with van der Waals surface area (Å²) in [6.45, 7) is 9.57. The second-order valence-electron chi connectivity index (χ2n) is 9.87. The SMILES string of the molecule is COc1cc(C)c(-c2nc3ccccc3c(=O)n2N=Cc2cc(OC)c(OC(C)C)c([N+](=O)[O-])c2)cc1C(C)C. The molecule has 0 aliphatic heterocycles. The molecule has 1 heterocycles. The molecule has 3 aromatic carbocycles. The normalized spacial score (nSPS) is 11.5. The van der Waals surface area contributed by atoms with Crippen molar-refractivity contribution in [1.82, 2.24) is 9.66 Å². The second-order valence-corrected chi connectivity index (χ2v) is 9.87. The van der Waals surface area contributed by atoms with Gasteiger partial charge in [-0.2, -0.15) is 9.78 Å². The zero-order chi connectivity index (χ0) is 29.1. The van der Waals surface area contributed by atoms with Crippen LogP contribution in [-0.4, -0.2) is 41.1 Å². The predicted molar refractivity (Wildman–Crippen MR) is 155 cm³/mol. The molecule has 0 atom stereocenters. The molecule has 0 spiro atoms. The minimum atomic E-state index is -0.541. The maximum absolute atomic E-state index is 13.7. The van der Waals surface area contributed by atoms with E-state index in [1.165, 1.54) is 24.1 Å². The van der Waals surface area contributed by atoms with Gasteiger partial charge in [0, 0.05) is 17.2 Å². The van der Waals surface area contributed by atoms with Crippen molar-refractivity contribution in [2.45, 2.75) is 46.6 Å². The molecule has 0 fully saturated rings. The Morgan fingerprint density at radius 2 is 1.73 bits per heavy atom. The monoisotopic (exact) mass is 544 g/mol. The van der Waals surface area contributed by atoms with Crippen molar-refractivity contribution >= 4 is 22.8 Å². The van der Waals surface area contributed by atoms with Crippen LogP contribution in [0.5, 0.6) is 17.2 Å². The maximum Gasteiger partial charge on any atom is 0.315 e. The number of benzene rings is 3. The largest absolute Gasteiger partial charge is 0.496 e. The summed E-state index contributed by atoms with van der Waals surface area (Å²) in [5, 5.41) is 16.7. The van der Waals surface area contributed by atoms with Crippen LogP contribution >= 0.6 is 0 Å². The molecule has 0 radical (unpaired) electrons. The first-order chi connectivity index (χ1) is 19.0. The maximum atomic E-state index is 13.7. The molecule has 0 saturated carbocycles. The molecule has 10 heteroatoms. The van der Waals surface area contributed by atoms with Crippen molar-refractivity contribution in [3.63, 3.8) is 0 Å². The van der Waals surface area contributed by atoms with E-state index in [1.807, 2.05) is 25.1 Å². The summed E-state index contributed by atoms with van der Waals surface area (Å²) in [6.07, 6.45) is 1.07. The van der Waals surface area contributed by atoms with Crippen LogP contribution in [0.3, 0.4) is 0 Å². The fourth-order valence-electron chi connectivity index (χ4n) is 4.42. The summed E-state index contributed by atoms with van der Waals surface area (Å²) in [7, 11) is 3.03. The van der Waals surface area contributed by atoms with E-state index in [2.05, 4.69) is 18.9 Å². The summed E-state index contributed by atoms with van der Waals surface area (Å²) >= 11 is 0. The summed E-state index contributed by atoms with van der Waals surface area (Å²) in [5.74, 6) is 1.44. The molecule has 0 N–H and O–H groups in total. The Morgan fingerprint density at radius 1 is 1.02 bits per heavy atom. The van der Waals surface area contributed by atoms with E-state index in [1.54, 1.807) is 45.2 Å². The Kier molecular flexibility index (Phi) is 8.18. The molecule has 40 heavy (non-hydrogen) atoms. The molecule has 208 valence electrons. The van der Waals surface area contributed by atoms with Gasteiger partial charge in [0.25, 0.3) is 5.56 Å². The Morgan fingerprint density at radius 3 is 2.35 bits per heavy atom. The number of para-hydroxylation sites is 1. The van der Waals surface area contributed by atoms with E-state index < -0.39 is 4.92 Å². The van der Waals surface area contributed by atoms with Crippen molar-refractivity contribution < 1.29 is 19.1 Å². The topological polar surface area (TPSA) is 118 Å². The molecule has 0 unspecified atom stereocenters. The van der Waals surface area contributed by atoms with Gasteiger partial charge < -0.3 is 14.2 Å². The first kappa shape index (κ1) is 28.3. The molecule has 4 rings (SSSR count). The van der Waals surface area contributed by atoms with Crippen LogP contribution in [0.1, 0.15) is 50.3 Å². The van der Waals surface area contributed by atoms with Crippen molar-refractivity contribution in [2.24, 2.45) is 5.10 Å². The third-order valence-electron chi connectivity index (χ3n) is 6.34. The highest BCUT2D eigenvalue weighted by molar-refractivity contribution is 5.84. The quantitative estimate of drug-likeness (QED) is 0.142. The lowest BCUT2D eigenvalue weighted by atomic mass is 9.96. The number of nitro benzene ring substituents is 1. The summed E-state index contributed by atoms with van der Waals surface area (Å²) in [4.78, 5) is 29.8. The van der Waals surface area contributed by atoms with Gasteiger partial charge >= 0.3 is 5.69 Å². The van der Waals surface area contributed by atoms with Crippen molar-refractivity contribution in [1.29, 1.82) is 0 Å². The molecule has 10 nitrogen and oxygen atoms in total. The average Bonchev–Trinajstić information content (AvgIpc) is 2.92. The van der Waals surface area contributed by atoms with E-state index in [-0.39, 0.29) is 34.8 Å². The summed E-state index contributed by atoms with van der Waals surface area (Å²) in [5.41, 5.74) is 2.75. The Labute approximate surface area is 232 Å². The minimum Gasteiger partial charge on any atom is -0.496 e. The van der Waals surface area contributed by atoms with Crippen molar-refractivity contribution in [2.75, 3.05) is 14.2 Å². The van der Waals surface area contributed by atoms with Gasteiger partial charge in [0.05, 0.1) is 42.4 Å². The lowest BCUT2D eigenvalue weighted by molar-refractivity contribution is -0.386. The van der Waals surface area contributed by atoms with E-state index in [9.17, 15) is 14.9 Å². The van der Waals surface area contributed by atoms with Crippen LogP contribution in [0, 0.1) is 17.0 Å². The molecule has 0 aliphatic rings. The molecular weight excluding hydrogens is 512 g/mol. The number of ether oxygens (including phenoxy) is 3. The Bertz CT molecular complexity index is 1670. The zero-order valence-corrected chi connectivity index (χ0v) is 23.6. The number of aromatic nitrogens is 2. The number of methoxy groups -OCH3 is 2. The highest BCUT2D eigenvalue weighted by Crippen LogP contribution is 2.39. The molecule has 0 aliphatic carbocycles. The molecule has 0 amide bonds. The third kappa shape index (κ3) is 5.51. The smallest absolute Gasteiger partial charge is 0.315 e. The standard InChI is InChI=1S/C30H32N4O6/c1-17(2)22-15-23(19(5)12-26(22)38-6)29-32-24-11-9-8-10-21(24)30(35)33(29)31-16-20-13-25(34(36)37)28(40-18(3)4)27(14-20)39-7/h8-18H,1-7H3. The van der Waals surface area contributed by atoms with Crippen LogP contribution in [0.2, 0.25) is 0 Å². The predicted octanol–water partition coefficient (Wildman–Crippen LogP) is 6.09. The third-order valence-corrected chi connectivity index (χ3v) is 6.34. The number of nitrogens with zero attached hydrogens (tertiary/aromatic N) is 4. The van der Waals surface area contributed by atoms with Gasteiger partial charge in [0.1, 0.15) is 5.75 Å². The lowest BCUT2D eigenvalue weighted by Gasteiger charge is -2.17. The summed E-state index contributed by atoms with van der Waals surface area (Å²) in [6, 6.07) is 13.8. The van der Waals surface area contributed by atoms with Crippen LogP contribution < -0.4 is 19.8 Å². The molecular formula is C30H32N4O6. The number of hydrogen-bond acceptors (Lipinski definition) is 8. The highest BCUT2D eigenvalue weighted by Gasteiger charge is 2.23. The van der Waals surface area contributed by atoms with Crippen LogP contribution in [0.15, 0.2) is 58.4 Å². The minimum absolute atomic E-state index is 0.0277. The lowest BCUT2D eigenvalue weighted by Crippen LogP contribution is -2.21. The van der Waals surface area contributed by atoms with Gasteiger partial charge in [-0.05, 0) is 68.1 Å². The average molecular weight is 545 g/mol. The highest BCUT2D eigenvalue weighted by atomic mass is 16.6. The Balaban J connectivity index is 1.96. The van der Waals surface area contributed by atoms with Crippen LogP contribution in [-0.2, 0) is 0 Å². The second kappa shape index (κ2) is 11.6. The van der Waals surface area contributed by atoms with Crippen LogP contribution in [0.25, 0.3) is 22.3 Å². The molecule has 0 bridgehead atoms. The van der Waals surface area contributed by atoms with Gasteiger partial charge in [-0.1, -0.05) is 26.0 Å². The van der Waals surface area contributed by atoms with Crippen molar-refractivity contribution in [3.8, 4) is 28.6 Å². The molecule has 0 saturated heterocycles. The molecule has 4 aromatic rings. The Hall–Kier alpha value is -4.73. The van der Waals surface area contributed by atoms with E-state index in [0.717, 1.165) is 16.9 Å². The van der Waals surface area contributed by atoms with E-state index in [0.29, 0.717) is 27.9 Å². The van der Waals surface area contributed by atoms with E-state index >= 15 is 0 Å². The number of hydrogen-bond donors (Lipinski definition) is 0. The first-order valence-corrected chi connectivity index (χ1v) is 12.8. The number of fused-ring (bicyclic) bond motifs is 1. The first-order valence-electron chi connectivity index (χ1n) is 12.8. The van der Waals surface area contributed by atoms with Crippen molar-refractivity contribution in [3.05, 3.63) is 85.7 Å². The van der Waals surface area contributed by atoms with Gasteiger partial charge in [-0.25, -0.2) is 4.98 Å². The fourth-order valence-corrected chi connectivity index (χ4v) is 4.42. The number of rotatable bonds is 9. The van der Waals surface area contributed by atoms with Crippen LogP contribution in [0.4, 0.5) is 5.69 Å². The van der Waals surface area contributed by atoms with Gasteiger partial charge in [-0.3, -0.25) is 14.9 Å². The summed E-state index contributed by atoms with van der Waals surface area (Å²) < 4.78 is 17.9. The van der Waals surface area contributed by atoms with E-state index in [4.69, 9.17) is 19.2 Å². The number of aryl methyl sites for hydroxylation is 1. The van der Waals surface area contributed by atoms with Gasteiger partial charge in [0.15, 0.2) is 11.6 Å². The zero-order valence-electron chi connectivity index (χ0n) is 23.6. The fraction of sp³-hybridized carbons (Fsp3) is 0.300. The van der Waals surface area contributed by atoms with Gasteiger partial charge in [-0.15, -0.1) is 0 Å². The number of nitro groups is 1.